The molecule has 0 aliphatic carbocycles. The lowest BCUT2D eigenvalue weighted by Crippen LogP contribution is -2.48. The molecule has 17 heavy (non-hydrogen) atoms. The minimum Gasteiger partial charge on any atom is -0.505 e. The van der Waals surface area contributed by atoms with Gasteiger partial charge in [0.05, 0.1) is 24.0 Å². The molecule has 2 rings (SSSR count). The fourth-order valence-electron chi connectivity index (χ4n) is 2.08. The van der Waals surface area contributed by atoms with E-state index in [1.165, 1.54) is 18.5 Å². The Bertz CT molecular complexity index is 412. The van der Waals surface area contributed by atoms with Crippen molar-refractivity contribution in [3.8, 4) is 5.75 Å². The van der Waals surface area contributed by atoms with Crippen LogP contribution in [0, 0.1) is 0 Å². The number of ether oxygens (including phenoxy) is 1. The Morgan fingerprint density at radius 1 is 1.47 bits per heavy atom. The van der Waals surface area contributed by atoms with Crippen molar-refractivity contribution in [3.05, 3.63) is 24.0 Å². The average molecular weight is 236 g/mol. The van der Waals surface area contributed by atoms with Gasteiger partial charge in [-0.3, -0.25) is 9.78 Å². The van der Waals surface area contributed by atoms with Crippen molar-refractivity contribution in [1.29, 1.82) is 0 Å². The summed E-state index contributed by atoms with van der Waals surface area (Å²) in [7, 11) is 0. The van der Waals surface area contributed by atoms with Crippen LogP contribution in [0.5, 0.6) is 5.75 Å². The molecule has 0 saturated carbocycles. The van der Waals surface area contributed by atoms with Gasteiger partial charge in [-0.05, 0) is 19.9 Å². The minimum absolute atomic E-state index is 0.0201. The van der Waals surface area contributed by atoms with Crippen molar-refractivity contribution < 1.29 is 14.6 Å². The van der Waals surface area contributed by atoms with Crippen LogP contribution < -0.4 is 0 Å². The van der Waals surface area contributed by atoms with Gasteiger partial charge in [-0.25, -0.2) is 0 Å². The first-order valence-electron chi connectivity index (χ1n) is 5.65. The van der Waals surface area contributed by atoms with Crippen LogP contribution in [0.2, 0.25) is 0 Å². The molecule has 1 aromatic heterocycles. The smallest absolute Gasteiger partial charge is 0.257 e. The van der Waals surface area contributed by atoms with E-state index in [4.69, 9.17) is 4.74 Å². The van der Waals surface area contributed by atoms with Crippen LogP contribution in [0.1, 0.15) is 24.2 Å². The SMILES string of the molecule is CC1CN(C(=O)c2ccncc2O)CC(C)O1. The Kier molecular flexibility index (Phi) is 3.28. The number of amides is 1. The van der Waals surface area contributed by atoms with Crippen LogP contribution in [0.25, 0.3) is 0 Å². The van der Waals surface area contributed by atoms with Gasteiger partial charge in [0.1, 0.15) is 5.75 Å². The molecule has 2 unspecified atom stereocenters. The molecule has 1 amide bonds. The maximum Gasteiger partial charge on any atom is 0.257 e. The first kappa shape index (κ1) is 11.9. The van der Waals surface area contributed by atoms with Crippen molar-refractivity contribution in [2.24, 2.45) is 0 Å². The molecule has 1 fully saturated rings. The number of rotatable bonds is 1. The standard InChI is InChI=1S/C12H16N2O3/c1-8-6-14(7-9(2)17-8)12(16)10-3-4-13-5-11(10)15/h3-5,8-9,15H,6-7H2,1-2H3. The fraction of sp³-hybridized carbons (Fsp3) is 0.500. The number of morpholine rings is 1. The summed E-state index contributed by atoms with van der Waals surface area (Å²) >= 11 is 0. The molecule has 0 radical (unpaired) electrons. The molecule has 0 spiro atoms. The van der Waals surface area contributed by atoms with Gasteiger partial charge >= 0.3 is 0 Å². The van der Waals surface area contributed by atoms with Gasteiger partial charge in [0.2, 0.25) is 0 Å². The van der Waals surface area contributed by atoms with Crippen LogP contribution >= 0.6 is 0 Å². The molecule has 5 nitrogen and oxygen atoms in total. The van der Waals surface area contributed by atoms with Gasteiger partial charge in [0.15, 0.2) is 0 Å². The van der Waals surface area contributed by atoms with Crippen molar-refractivity contribution in [2.45, 2.75) is 26.1 Å². The van der Waals surface area contributed by atoms with E-state index in [9.17, 15) is 9.90 Å². The number of carbonyl (C=O) groups excluding carboxylic acids is 1. The predicted molar refractivity (Wildman–Crippen MR) is 61.8 cm³/mol. The third kappa shape index (κ3) is 2.55. The van der Waals surface area contributed by atoms with E-state index < -0.39 is 0 Å². The highest BCUT2D eigenvalue weighted by atomic mass is 16.5. The lowest BCUT2D eigenvalue weighted by Gasteiger charge is -2.35. The van der Waals surface area contributed by atoms with E-state index in [2.05, 4.69) is 4.98 Å². The van der Waals surface area contributed by atoms with Crippen molar-refractivity contribution in [2.75, 3.05) is 13.1 Å². The molecule has 2 heterocycles. The van der Waals surface area contributed by atoms with Crippen LogP contribution in [-0.2, 0) is 4.74 Å². The maximum atomic E-state index is 12.2. The number of hydrogen-bond acceptors (Lipinski definition) is 4. The van der Waals surface area contributed by atoms with Gasteiger partial charge in [-0.1, -0.05) is 0 Å². The molecule has 0 aromatic carbocycles. The molecule has 1 N–H and O–H groups in total. The third-order valence-electron chi connectivity index (χ3n) is 2.74. The molecule has 5 heteroatoms. The number of aromatic nitrogens is 1. The molecule has 1 aliphatic heterocycles. The molecule has 1 aromatic rings. The van der Waals surface area contributed by atoms with Gasteiger partial charge in [-0.15, -0.1) is 0 Å². The van der Waals surface area contributed by atoms with Crippen molar-refractivity contribution in [3.63, 3.8) is 0 Å². The largest absolute Gasteiger partial charge is 0.505 e. The van der Waals surface area contributed by atoms with E-state index in [0.29, 0.717) is 18.7 Å². The second-order valence-corrected chi connectivity index (χ2v) is 4.36. The lowest BCUT2D eigenvalue weighted by atomic mass is 10.1. The third-order valence-corrected chi connectivity index (χ3v) is 2.74. The van der Waals surface area contributed by atoms with Crippen LogP contribution in [0.4, 0.5) is 0 Å². The summed E-state index contributed by atoms with van der Waals surface area (Å²) in [5, 5.41) is 9.60. The summed E-state index contributed by atoms with van der Waals surface area (Å²) in [4.78, 5) is 17.7. The monoisotopic (exact) mass is 236 g/mol. The zero-order valence-electron chi connectivity index (χ0n) is 9.96. The van der Waals surface area contributed by atoms with Gasteiger partial charge in [0, 0.05) is 19.3 Å². The van der Waals surface area contributed by atoms with Crippen LogP contribution in [0.15, 0.2) is 18.5 Å². The van der Waals surface area contributed by atoms with Crippen LogP contribution in [-0.4, -0.2) is 46.2 Å². The maximum absolute atomic E-state index is 12.2. The van der Waals surface area contributed by atoms with E-state index >= 15 is 0 Å². The molecule has 0 bridgehead atoms. The molecular weight excluding hydrogens is 220 g/mol. The molecule has 2 atom stereocenters. The summed E-state index contributed by atoms with van der Waals surface area (Å²) in [6.45, 7) is 4.96. The van der Waals surface area contributed by atoms with Crippen LogP contribution in [0.3, 0.4) is 0 Å². The fourth-order valence-corrected chi connectivity index (χ4v) is 2.08. The summed E-state index contributed by atoms with van der Waals surface area (Å²) in [5.74, 6) is -0.254. The Morgan fingerprint density at radius 2 is 2.12 bits per heavy atom. The summed E-state index contributed by atoms with van der Waals surface area (Å²) < 4.78 is 5.56. The topological polar surface area (TPSA) is 62.7 Å². The number of aromatic hydroxyl groups is 1. The summed E-state index contributed by atoms with van der Waals surface area (Å²) in [6.07, 6.45) is 2.82. The Hall–Kier alpha value is -1.62. The summed E-state index contributed by atoms with van der Waals surface area (Å²) in [6, 6.07) is 1.53. The van der Waals surface area contributed by atoms with E-state index in [-0.39, 0.29) is 23.9 Å². The zero-order valence-corrected chi connectivity index (χ0v) is 9.96. The average Bonchev–Trinajstić information content (AvgIpc) is 2.27. The second kappa shape index (κ2) is 4.71. The molecular formula is C12H16N2O3. The highest BCUT2D eigenvalue weighted by Crippen LogP contribution is 2.19. The number of pyridine rings is 1. The molecule has 1 aliphatic rings. The number of nitrogens with zero attached hydrogens (tertiary/aromatic N) is 2. The molecule has 92 valence electrons. The van der Waals surface area contributed by atoms with Crippen molar-refractivity contribution in [1.82, 2.24) is 9.88 Å². The quantitative estimate of drug-likeness (QED) is 0.791. The van der Waals surface area contributed by atoms with Gasteiger partial charge < -0.3 is 14.7 Å². The van der Waals surface area contributed by atoms with E-state index in [1.54, 1.807) is 4.90 Å². The van der Waals surface area contributed by atoms with E-state index in [1.807, 2.05) is 13.8 Å². The highest BCUT2D eigenvalue weighted by molar-refractivity contribution is 5.96. The predicted octanol–water partition coefficient (Wildman–Crippen LogP) is 1.04. The van der Waals surface area contributed by atoms with Crippen molar-refractivity contribution >= 4 is 5.91 Å². The highest BCUT2D eigenvalue weighted by Gasteiger charge is 2.27. The minimum atomic E-state index is -0.174. The van der Waals surface area contributed by atoms with Gasteiger partial charge in [0.25, 0.3) is 5.91 Å². The first-order valence-corrected chi connectivity index (χ1v) is 5.65. The zero-order chi connectivity index (χ0) is 12.4. The van der Waals surface area contributed by atoms with Gasteiger partial charge in [-0.2, -0.15) is 0 Å². The second-order valence-electron chi connectivity index (χ2n) is 4.36. The Morgan fingerprint density at radius 3 is 2.71 bits per heavy atom. The lowest BCUT2D eigenvalue weighted by molar-refractivity contribution is -0.0586. The first-order chi connectivity index (χ1) is 8.08. The Labute approximate surface area is 100 Å². The normalized spacial score (nSPS) is 24.7. The number of hydrogen-bond donors (Lipinski definition) is 1. The van der Waals surface area contributed by atoms with E-state index in [0.717, 1.165) is 0 Å². The Balaban J connectivity index is 2.17. The summed E-state index contributed by atoms with van der Waals surface area (Å²) in [5.41, 5.74) is 0.293. The molecule has 1 saturated heterocycles. The number of carbonyl (C=O) groups is 1.